The maximum absolute atomic E-state index is 9.73. The predicted molar refractivity (Wildman–Crippen MR) is 52.9 cm³/mol. The van der Waals surface area contributed by atoms with Crippen molar-refractivity contribution in [2.45, 2.75) is 25.9 Å². The van der Waals surface area contributed by atoms with E-state index in [1.807, 2.05) is 6.92 Å². The van der Waals surface area contributed by atoms with Gasteiger partial charge in [0.25, 0.3) is 0 Å². The Morgan fingerprint density at radius 2 is 2.46 bits per heavy atom. The van der Waals surface area contributed by atoms with E-state index >= 15 is 0 Å². The molecule has 0 aliphatic rings. The van der Waals surface area contributed by atoms with Crippen LogP contribution < -0.4 is 0 Å². The number of methoxy groups -OCH3 is 1. The number of hydrogen-bond acceptors (Lipinski definition) is 4. The summed E-state index contributed by atoms with van der Waals surface area (Å²) in [6, 6.07) is 0. The first kappa shape index (κ1) is 10.6. The molecule has 0 saturated heterocycles. The highest BCUT2D eigenvalue weighted by molar-refractivity contribution is 7.09. The first-order valence-electron chi connectivity index (χ1n) is 4.32. The van der Waals surface area contributed by atoms with E-state index in [2.05, 4.69) is 4.98 Å². The van der Waals surface area contributed by atoms with Gasteiger partial charge in [0.2, 0.25) is 0 Å². The Morgan fingerprint density at radius 3 is 3.00 bits per heavy atom. The van der Waals surface area contributed by atoms with Crippen molar-refractivity contribution in [1.29, 1.82) is 0 Å². The predicted octanol–water partition coefficient (Wildman–Crippen LogP) is 1.91. The summed E-state index contributed by atoms with van der Waals surface area (Å²) in [5, 5.41) is 9.73. The largest absolute Gasteiger partial charge is 0.388 e. The molecule has 1 atom stereocenters. The summed E-state index contributed by atoms with van der Waals surface area (Å²) in [7, 11) is 1.67. The summed E-state index contributed by atoms with van der Waals surface area (Å²) in [5.74, 6) is 0. The number of hydrogen-bond donors (Lipinski definition) is 1. The molecule has 0 aliphatic heterocycles. The molecule has 1 aromatic rings. The van der Waals surface area contributed by atoms with E-state index in [0.717, 1.165) is 23.4 Å². The Balaban J connectivity index is 2.39. The van der Waals surface area contributed by atoms with Gasteiger partial charge < -0.3 is 9.84 Å². The molecule has 0 aromatic carbocycles. The molecule has 0 aliphatic carbocycles. The summed E-state index contributed by atoms with van der Waals surface area (Å²) in [6.45, 7) is 2.63. The minimum Gasteiger partial charge on any atom is -0.388 e. The molecule has 1 unspecified atom stereocenters. The second-order valence-corrected chi connectivity index (χ2v) is 3.84. The molecule has 0 saturated carbocycles. The molecule has 0 radical (unpaired) electrons. The highest BCUT2D eigenvalue weighted by Crippen LogP contribution is 2.24. The van der Waals surface area contributed by atoms with Gasteiger partial charge >= 0.3 is 0 Å². The van der Waals surface area contributed by atoms with Crippen molar-refractivity contribution in [2.75, 3.05) is 13.7 Å². The normalized spacial score (nSPS) is 13.2. The minimum absolute atomic E-state index is 0.373. The Kier molecular flexibility index (Phi) is 4.35. The fourth-order valence-electron chi connectivity index (χ4n) is 1.18. The van der Waals surface area contributed by atoms with Crippen molar-refractivity contribution in [3.8, 4) is 0 Å². The van der Waals surface area contributed by atoms with Gasteiger partial charge in [0, 0.05) is 13.7 Å². The average molecular weight is 201 g/mol. The van der Waals surface area contributed by atoms with Crippen LogP contribution in [-0.4, -0.2) is 23.8 Å². The van der Waals surface area contributed by atoms with Gasteiger partial charge in [-0.2, -0.15) is 0 Å². The monoisotopic (exact) mass is 201 g/mol. The van der Waals surface area contributed by atoms with Crippen LogP contribution in [0.1, 0.15) is 29.5 Å². The van der Waals surface area contributed by atoms with Crippen LogP contribution in [0.15, 0.2) is 5.51 Å². The quantitative estimate of drug-likeness (QED) is 0.740. The molecule has 74 valence electrons. The fraction of sp³-hybridized carbons (Fsp3) is 0.667. The van der Waals surface area contributed by atoms with Gasteiger partial charge in [-0.15, -0.1) is 11.3 Å². The summed E-state index contributed by atoms with van der Waals surface area (Å²) in [5.41, 5.74) is 2.71. The Labute approximate surface area is 82.4 Å². The standard InChI is InChI=1S/C9H15NO2S/c1-7-9(13-6-10-7)8(11)4-3-5-12-2/h6,8,11H,3-5H2,1-2H3. The van der Waals surface area contributed by atoms with E-state index in [0.29, 0.717) is 6.61 Å². The molecule has 0 fully saturated rings. The number of aliphatic hydroxyl groups is 1. The Hall–Kier alpha value is -0.450. The number of thiazole rings is 1. The van der Waals surface area contributed by atoms with E-state index in [-0.39, 0.29) is 6.10 Å². The molecule has 1 rings (SSSR count). The topological polar surface area (TPSA) is 42.4 Å². The van der Waals surface area contributed by atoms with Crippen LogP contribution in [-0.2, 0) is 4.74 Å². The molecular formula is C9H15NO2S. The summed E-state index contributed by atoms with van der Waals surface area (Å²) >= 11 is 1.51. The molecule has 1 N–H and O–H groups in total. The number of rotatable bonds is 5. The molecule has 1 aromatic heterocycles. The van der Waals surface area contributed by atoms with Gasteiger partial charge in [-0.25, -0.2) is 4.98 Å². The lowest BCUT2D eigenvalue weighted by molar-refractivity contribution is 0.138. The van der Waals surface area contributed by atoms with Crippen molar-refractivity contribution >= 4 is 11.3 Å². The average Bonchev–Trinajstić information content (AvgIpc) is 2.52. The van der Waals surface area contributed by atoms with Crippen LogP contribution >= 0.6 is 11.3 Å². The van der Waals surface area contributed by atoms with E-state index in [9.17, 15) is 5.11 Å². The van der Waals surface area contributed by atoms with E-state index in [1.54, 1.807) is 12.6 Å². The van der Waals surface area contributed by atoms with Gasteiger partial charge in [0.15, 0.2) is 0 Å². The van der Waals surface area contributed by atoms with Crippen LogP contribution in [0.25, 0.3) is 0 Å². The zero-order valence-corrected chi connectivity index (χ0v) is 8.80. The molecule has 0 amide bonds. The lowest BCUT2D eigenvalue weighted by atomic mass is 10.1. The second kappa shape index (κ2) is 5.32. The van der Waals surface area contributed by atoms with Crippen LogP contribution in [0.3, 0.4) is 0 Å². The Morgan fingerprint density at radius 1 is 1.69 bits per heavy atom. The molecule has 4 heteroatoms. The van der Waals surface area contributed by atoms with Crippen LogP contribution in [0.2, 0.25) is 0 Å². The lowest BCUT2D eigenvalue weighted by Gasteiger charge is -2.08. The van der Waals surface area contributed by atoms with Gasteiger partial charge in [0.1, 0.15) is 0 Å². The lowest BCUT2D eigenvalue weighted by Crippen LogP contribution is -1.99. The van der Waals surface area contributed by atoms with Crippen LogP contribution in [0, 0.1) is 6.92 Å². The molecule has 13 heavy (non-hydrogen) atoms. The van der Waals surface area contributed by atoms with Crippen LogP contribution in [0.4, 0.5) is 0 Å². The first-order valence-corrected chi connectivity index (χ1v) is 5.20. The van der Waals surface area contributed by atoms with Gasteiger partial charge in [-0.3, -0.25) is 0 Å². The van der Waals surface area contributed by atoms with Crippen molar-refractivity contribution in [2.24, 2.45) is 0 Å². The highest BCUT2D eigenvalue weighted by atomic mass is 32.1. The summed E-state index contributed by atoms with van der Waals surface area (Å²) in [4.78, 5) is 5.08. The SMILES string of the molecule is COCCCC(O)c1scnc1C. The number of nitrogens with zero attached hydrogens (tertiary/aromatic N) is 1. The minimum atomic E-state index is -0.373. The third kappa shape index (κ3) is 3.06. The van der Waals surface area contributed by atoms with Crippen LogP contribution in [0.5, 0.6) is 0 Å². The second-order valence-electron chi connectivity index (χ2n) is 2.95. The van der Waals surface area contributed by atoms with E-state index in [4.69, 9.17) is 4.74 Å². The molecule has 3 nitrogen and oxygen atoms in total. The van der Waals surface area contributed by atoms with Crippen molar-refractivity contribution < 1.29 is 9.84 Å². The van der Waals surface area contributed by atoms with Gasteiger partial charge in [-0.1, -0.05) is 0 Å². The Bertz CT molecular complexity index is 250. The van der Waals surface area contributed by atoms with Crippen molar-refractivity contribution in [3.05, 3.63) is 16.1 Å². The first-order chi connectivity index (χ1) is 6.25. The van der Waals surface area contributed by atoms with Crippen molar-refractivity contribution in [3.63, 3.8) is 0 Å². The van der Waals surface area contributed by atoms with Gasteiger partial charge in [-0.05, 0) is 19.8 Å². The molecule has 0 bridgehead atoms. The number of aliphatic hydroxyl groups excluding tert-OH is 1. The smallest absolute Gasteiger partial charge is 0.0901 e. The van der Waals surface area contributed by atoms with E-state index < -0.39 is 0 Å². The van der Waals surface area contributed by atoms with Gasteiger partial charge in [0.05, 0.1) is 22.2 Å². The summed E-state index contributed by atoms with van der Waals surface area (Å²) in [6.07, 6.45) is 1.26. The maximum atomic E-state index is 9.73. The number of aryl methyl sites for hydroxylation is 1. The third-order valence-electron chi connectivity index (χ3n) is 1.91. The maximum Gasteiger partial charge on any atom is 0.0901 e. The zero-order valence-electron chi connectivity index (χ0n) is 7.99. The number of aromatic nitrogens is 1. The number of ether oxygens (including phenoxy) is 1. The van der Waals surface area contributed by atoms with E-state index in [1.165, 1.54) is 11.3 Å². The van der Waals surface area contributed by atoms with Crippen molar-refractivity contribution in [1.82, 2.24) is 4.98 Å². The fourth-order valence-corrected chi connectivity index (χ4v) is 2.01. The molecule has 0 spiro atoms. The molecular weight excluding hydrogens is 186 g/mol. The zero-order chi connectivity index (χ0) is 9.68. The highest BCUT2D eigenvalue weighted by Gasteiger charge is 2.11. The molecule has 1 heterocycles. The summed E-state index contributed by atoms with van der Waals surface area (Å²) < 4.78 is 4.92. The third-order valence-corrected chi connectivity index (χ3v) is 2.94.